The Hall–Kier alpha value is -2.96. The van der Waals surface area contributed by atoms with Crippen LogP contribution in [0.25, 0.3) is 16.8 Å². The highest BCUT2D eigenvalue weighted by Gasteiger charge is 2.35. The summed E-state index contributed by atoms with van der Waals surface area (Å²) >= 11 is 7.16. The van der Waals surface area contributed by atoms with E-state index in [0.717, 1.165) is 28.1 Å². The van der Waals surface area contributed by atoms with E-state index in [1.54, 1.807) is 18.2 Å². The summed E-state index contributed by atoms with van der Waals surface area (Å²) in [6.45, 7) is 0.222. The van der Waals surface area contributed by atoms with Gasteiger partial charge in [-0.15, -0.1) is 0 Å². The summed E-state index contributed by atoms with van der Waals surface area (Å²) in [5, 5.41) is 2.24. The van der Waals surface area contributed by atoms with Crippen LogP contribution in [-0.2, 0) is 11.3 Å². The number of thioether (sulfide) groups is 1. The maximum atomic E-state index is 12.9. The van der Waals surface area contributed by atoms with E-state index < -0.39 is 0 Å². The Morgan fingerprint density at radius 2 is 1.77 bits per heavy atom. The van der Waals surface area contributed by atoms with Gasteiger partial charge in [0.25, 0.3) is 11.1 Å². The van der Waals surface area contributed by atoms with E-state index >= 15 is 0 Å². The van der Waals surface area contributed by atoms with Crippen molar-refractivity contribution in [3.8, 4) is 11.5 Å². The average molecular weight is 440 g/mol. The number of methoxy groups -OCH3 is 2. The highest BCUT2D eigenvalue weighted by atomic mass is 35.5. The first kappa shape index (κ1) is 20.3. The normalized spacial score (nSPS) is 15.3. The molecule has 0 N–H and O–H groups in total. The molecule has 1 aliphatic rings. The topological polar surface area (TPSA) is 55.8 Å². The summed E-state index contributed by atoms with van der Waals surface area (Å²) in [7, 11) is 3.01. The molecule has 152 valence electrons. The second-order valence-electron chi connectivity index (χ2n) is 6.69. The number of fused-ring (bicyclic) bond motifs is 1. The number of ether oxygens (including phenoxy) is 2. The van der Waals surface area contributed by atoms with Crippen molar-refractivity contribution in [1.29, 1.82) is 0 Å². The van der Waals surface area contributed by atoms with Crippen molar-refractivity contribution in [1.82, 2.24) is 4.90 Å². The first-order chi connectivity index (χ1) is 14.5. The molecule has 1 saturated heterocycles. The van der Waals surface area contributed by atoms with E-state index in [9.17, 15) is 9.59 Å². The number of nitrogens with zero attached hydrogens (tertiary/aromatic N) is 1. The van der Waals surface area contributed by atoms with Gasteiger partial charge in [-0.05, 0) is 57.9 Å². The number of hydrogen-bond acceptors (Lipinski definition) is 5. The number of imide groups is 1. The minimum atomic E-state index is -0.330. The van der Waals surface area contributed by atoms with Gasteiger partial charge in [-0.1, -0.05) is 48.0 Å². The van der Waals surface area contributed by atoms with Gasteiger partial charge in [0.05, 0.1) is 30.7 Å². The van der Waals surface area contributed by atoms with Gasteiger partial charge in [0, 0.05) is 0 Å². The number of rotatable bonds is 5. The Balaban J connectivity index is 1.60. The fourth-order valence-corrected chi connectivity index (χ4v) is 4.46. The first-order valence-electron chi connectivity index (χ1n) is 9.14. The first-order valence-corrected chi connectivity index (χ1v) is 10.3. The molecule has 30 heavy (non-hydrogen) atoms. The molecule has 0 radical (unpaired) electrons. The van der Waals surface area contributed by atoms with E-state index in [0.29, 0.717) is 27.0 Å². The molecule has 4 rings (SSSR count). The Morgan fingerprint density at radius 1 is 1.00 bits per heavy atom. The molecule has 0 bridgehead atoms. The van der Waals surface area contributed by atoms with Crippen molar-refractivity contribution in [3.05, 3.63) is 75.7 Å². The van der Waals surface area contributed by atoms with E-state index in [4.69, 9.17) is 21.1 Å². The lowest BCUT2D eigenvalue weighted by Gasteiger charge is -2.13. The molecule has 1 fully saturated rings. The summed E-state index contributed by atoms with van der Waals surface area (Å²) < 4.78 is 10.5. The third-order valence-electron chi connectivity index (χ3n) is 4.78. The van der Waals surface area contributed by atoms with E-state index in [1.165, 1.54) is 19.1 Å². The maximum Gasteiger partial charge on any atom is 0.293 e. The SMILES string of the molecule is COc1cc(/C=C2\SC(=O)N(Cc3ccc4ccccc4c3)C2=O)cc(Cl)c1OC. The minimum Gasteiger partial charge on any atom is -0.493 e. The summed E-state index contributed by atoms with van der Waals surface area (Å²) in [6, 6.07) is 17.3. The number of hydrogen-bond donors (Lipinski definition) is 0. The molecular weight excluding hydrogens is 422 g/mol. The molecule has 0 aliphatic carbocycles. The molecule has 3 aromatic carbocycles. The average Bonchev–Trinajstić information content (AvgIpc) is 3.00. The summed E-state index contributed by atoms with van der Waals surface area (Å²) in [5.74, 6) is 0.538. The van der Waals surface area contributed by atoms with Crippen LogP contribution in [0.3, 0.4) is 0 Å². The van der Waals surface area contributed by atoms with Gasteiger partial charge in [0.1, 0.15) is 0 Å². The lowest BCUT2D eigenvalue weighted by molar-refractivity contribution is -0.123. The maximum absolute atomic E-state index is 12.9. The quantitative estimate of drug-likeness (QED) is 0.474. The zero-order valence-corrected chi connectivity index (χ0v) is 17.9. The van der Waals surface area contributed by atoms with Gasteiger partial charge in [-0.25, -0.2) is 0 Å². The van der Waals surface area contributed by atoms with Crippen LogP contribution < -0.4 is 9.47 Å². The van der Waals surface area contributed by atoms with E-state index in [1.807, 2.05) is 42.5 Å². The number of amides is 2. The minimum absolute atomic E-state index is 0.222. The summed E-state index contributed by atoms with van der Waals surface area (Å²) in [6.07, 6.45) is 1.64. The lowest BCUT2D eigenvalue weighted by atomic mass is 10.1. The highest BCUT2D eigenvalue weighted by molar-refractivity contribution is 8.18. The van der Waals surface area contributed by atoms with Crippen LogP contribution in [0.1, 0.15) is 11.1 Å². The molecule has 1 aliphatic heterocycles. The largest absolute Gasteiger partial charge is 0.493 e. The molecule has 0 atom stereocenters. The van der Waals surface area contributed by atoms with E-state index in [2.05, 4.69) is 0 Å². The summed E-state index contributed by atoms with van der Waals surface area (Å²) in [4.78, 5) is 27.0. The molecule has 1 heterocycles. The second kappa shape index (κ2) is 8.42. The van der Waals surface area contributed by atoms with Crippen LogP contribution in [0.2, 0.25) is 5.02 Å². The van der Waals surface area contributed by atoms with Gasteiger partial charge in [-0.2, -0.15) is 0 Å². The van der Waals surface area contributed by atoms with Crippen LogP contribution >= 0.6 is 23.4 Å². The van der Waals surface area contributed by atoms with Crippen molar-refractivity contribution in [2.45, 2.75) is 6.54 Å². The van der Waals surface area contributed by atoms with Crippen LogP contribution in [0, 0.1) is 0 Å². The van der Waals surface area contributed by atoms with Gasteiger partial charge >= 0.3 is 0 Å². The third kappa shape index (κ3) is 3.88. The number of benzene rings is 3. The predicted octanol–water partition coefficient (Wildman–Crippen LogP) is 5.75. The highest BCUT2D eigenvalue weighted by Crippen LogP contribution is 2.39. The Morgan fingerprint density at radius 3 is 2.50 bits per heavy atom. The van der Waals surface area contributed by atoms with E-state index in [-0.39, 0.29) is 17.7 Å². The standard InChI is InChI=1S/C23H18ClNO4S/c1-28-19-11-15(10-18(24)21(19)29-2)12-20-22(26)25(23(27)30-20)13-14-7-8-16-5-3-4-6-17(16)9-14/h3-12H,13H2,1-2H3/b20-12-. The number of carbonyl (C=O) groups excluding carboxylic acids is 2. The lowest BCUT2D eigenvalue weighted by Crippen LogP contribution is -2.27. The molecule has 2 amide bonds. The fraction of sp³-hybridized carbons (Fsp3) is 0.130. The van der Waals surface area contributed by atoms with Crippen molar-refractivity contribution in [2.24, 2.45) is 0 Å². The van der Waals surface area contributed by atoms with Crippen LogP contribution in [0.15, 0.2) is 59.5 Å². The van der Waals surface area contributed by atoms with Crippen molar-refractivity contribution in [3.63, 3.8) is 0 Å². The van der Waals surface area contributed by atoms with Crippen LogP contribution in [0.5, 0.6) is 11.5 Å². The molecule has 5 nitrogen and oxygen atoms in total. The fourth-order valence-electron chi connectivity index (χ4n) is 3.33. The molecule has 0 spiro atoms. The van der Waals surface area contributed by atoms with Gasteiger partial charge in [0.15, 0.2) is 11.5 Å². The monoisotopic (exact) mass is 439 g/mol. The van der Waals surface area contributed by atoms with Crippen LogP contribution in [0.4, 0.5) is 4.79 Å². The zero-order chi connectivity index (χ0) is 21.3. The predicted molar refractivity (Wildman–Crippen MR) is 120 cm³/mol. The van der Waals surface area contributed by atoms with Crippen molar-refractivity contribution < 1.29 is 19.1 Å². The van der Waals surface area contributed by atoms with Crippen molar-refractivity contribution in [2.75, 3.05) is 14.2 Å². The smallest absolute Gasteiger partial charge is 0.293 e. The molecular formula is C23H18ClNO4S. The number of carbonyl (C=O) groups is 2. The van der Waals surface area contributed by atoms with Gasteiger partial charge < -0.3 is 9.47 Å². The molecule has 0 aromatic heterocycles. The van der Waals surface area contributed by atoms with Gasteiger partial charge in [-0.3, -0.25) is 14.5 Å². The molecule has 7 heteroatoms. The second-order valence-corrected chi connectivity index (χ2v) is 8.09. The Bertz CT molecular complexity index is 1190. The Kier molecular flexibility index (Phi) is 5.70. The number of halogens is 1. The van der Waals surface area contributed by atoms with Crippen LogP contribution in [-0.4, -0.2) is 30.3 Å². The molecule has 0 unspecified atom stereocenters. The molecule has 0 saturated carbocycles. The Labute approximate surface area is 183 Å². The third-order valence-corrected chi connectivity index (χ3v) is 5.97. The van der Waals surface area contributed by atoms with Gasteiger partial charge in [0.2, 0.25) is 0 Å². The molecule has 3 aromatic rings. The zero-order valence-electron chi connectivity index (χ0n) is 16.3. The van der Waals surface area contributed by atoms with Crippen molar-refractivity contribution >= 4 is 51.4 Å². The summed E-state index contributed by atoms with van der Waals surface area (Å²) in [5.41, 5.74) is 1.54.